The molecule has 0 bridgehead atoms. The number of hydrogen-bond acceptors (Lipinski definition) is 3. The quantitative estimate of drug-likeness (QED) is 0.719. The predicted molar refractivity (Wildman–Crippen MR) is 103 cm³/mol. The first-order chi connectivity index (χ1) is 12.3. The van der Waals surface area contributed by atoms with Gasteiger partial charge in [0.05, 0.1) is 6.61 Å². The summed E-state index contributed by atoms with van der Waals surface area (Å²) in [7, 11) is 0. The van der Waals surface area contributed by atoms with E-state index in [1.807, 2.05) is 25.1 Å². The van der Waals surface area contributed by atoms with E-state index in [4.69, 9.17) is 16.3 Å². The second-order valence-corrected chi connectivity index (χ2v) is 6.72. The van der Waals surface area contributed by atoms with Crippen molar-refractivity contribution >= 4 is 29.1 Å². The van der Waals surface area contributed by atoms with Gasteiger partial charge in [0.2, 0.25) is 11.8 Å². The molecule has 6 heteroatoms. The van der Waals surface area contributed by atoms with E-state index in [1.165, 1.54) is 0 Å². The predicted octanol–water partition coefficient (Wildman–Crippen LogP) is 4.02. The number of carbonyl (C=O) groups is 2. The van der Waals surface area contributed by atoms with E-state index in [9.17, 15) is 9.59 Å². The van der Waals surface area contributed by atoms with E-state index in [-0.39, 0.29) is 12.5 Å². The van der Waals surface area contributed by atoms with Crippen LogP contribution in [0.1, 0.15) is 26.3 Å². The summed E-state index contributed by atoms with van der Waals surface area (Å²) in [5.41, 5.74) is 0.163. The minimum atomic E-state index is -1.24. The first-order valence-corrected chi connectivity index (χ1v) is 8.78. The Morgan fingerprint density at radius 2 is 1.69 bits per heavy atom. The lowest BCUT2D eigenvalue weighted by Gasteiger charge is -2.23. The van der Waals surface area contributed by atoms with Crippen LogP contribution in [0.25, 0.3) is 0 Å². The fourth-order valence-corrected chi connectivity index (χ4v) is 2.43. The van der Waals surface area contributed by atoms with Crippen molar-refractivity contribution in [2.75, 3.05) is 11.9 Å². The highest BCUT2D eigenvalue weighted by Crippen LogP contribution is 2.22. The first-order valence-electron chi connectivity index (χ1n) is 8.40. The first kappa shape index (κ1) is 19.8. The van der Waals surface area contributed by atoms with Crippen molar-refractivity contribution in [1.29, 1.82) is 0 Å². The summed E-state index contributed by atoms with van der Waals surface area (Å²) in [6, 6.07) is 14.3. The molecule has 0 aliphatic rings. The van der Waals surface area contributed by atoms with Gasteiger partial charge < -0.3 is 15.4 Å². The molecular weight excluding hydrogens is 352 g/mol. The van der Waals surface area contributed by atoms with Crippen molar-refractivity contribution in [2.24, 2.45) is 5.41 Å². The molecule has 0 atom stereocenters. The standard InChI is InChI=1S/C20H23ClN2O3/c1-4-26-16-11-9-15(10-12-16)23-19(25)20(2,3)18(24)22-13-14-7-5-6-8-17(14)21/h5-12H,4,13H2,1-3H3,(H,22,24)(H,23,25). The van der Waals surface area contributed by atoms with Gasteiger partial charge in [0.15, 0.2) is 0 Å². The molecule has 26 heavy (non-hydrogen) atoms. The van der Waals surface area contributed by atoms with E-state index < -0.39 is 11.3 Å². The Bertz CT molecular complexity index is 773. The largest absolute Gasteiger partial charge is 0.494 e. The third-order valence-corrected chi connectivity index (χ3v) is 4.32. The lowest BCUT2D eigenvalue weighted by atomic mass is 9.90. The van der Waals surface area contributed by atoms with Gasteiger partial charge in [-0.2, -0.15) is 0 Å². The molecule has 0 saturated carbocycles. The Hall–Kier alpha value is -2.53. The number of hydrogen-bond donors (Lipinski definition) is 2. The summed E-state index contributed by atoms with van der Waals surface area (Å²) >= 11 is 6.09. The van der Waals surface area contributed by atoms with Crippen LogP contribution in [0.15, 0.2) is 48.5 Å². The van der Waals surface area contributed by atoms with Gasteiger partial charge in [-0.15, -0.1) is 0 Å². The molecule has 2 amide bonds. The summed E-state index contributed by atoms with van der Waals surface area (Å²) in [5.74, 6) is -0.0404. The van der Waals surface area contributed by atoms with Gasteiger partial charge in [0.1, 0.15) is 11.2 Å². The summed E-state index contributed by atoms with van der Waals surface area (Å²) < 4.78 is 5.37. The summed E-state index contributed by atoms with van der Waals surface area (Å²) in [5, 5.41) is 6.10. The van der Waals surface area contributed by atoms with Gasteiger partial charge >= 0.3 is 0 Å². The summed E-state index contributed by atoms with van der Waals surface area (Å²) in [6.07, 6.45) is 0. The molecule has 138 valence electrons. The number of nitrogens with one attached hydrogen (secondary N) is 2. The molecular formula is C20H23ClN2O3. The normalized spacial score (nSPS) is 10.9. The third kappa shape index (κ3) is 4.99. The summed E-state index contributed by atoms with van der Waals surface area (Å²) in [4.78, 5) is 25.0. The maximum Gasteiger partial charge on any atom is 0.239 e. The zero-order chi connectivity index (χ0) is 19.2. The molecule has 2 rings (SSSR count). The molecule has 0 aliphatic heterocycles. The van der Waals surface area contributed by atoms with Crippen LogP contribution in [-0.2, 0) is 16.1 Å². The highest BCUT2D eigenvalue weighted by Gasteiger charge is 2.36. The van der Waals surface area contributed by atoms with Crippen molar-refractivity contribution in [3.63, 3.8) is 0 Å². The molecule has 0 aliphatic carbocycles. The van der Waals surface area contributed by atoms with Crippen molar-refractivity contribution < 1.29 is 14.3 Å². The molecule has 0 aromatic heterocycles. The van der Waals surface area contributed by atoms with Crippen LogP contribution < -0.4 is 15.4 Å². The fraction of sp³-hybridized carbons (Fsp3) is 0.300. The molecule has 0 unspecified atom stereocenters. The van der Waals surface area contributed by atoms with Crippen molar-refractivity contribution in [3.05, 3.63) is 59.1 Å². The summed E-state index contributed by atoms with van der Waals surface area (Å²) in [6.45, 7) is 5.90. The van der Waals surface area contributed by atoms with Crippen LogP contribution >= 0.6 is 11.6 Å². The monoisotopic (exact) mass is 374 g/mol. The topological polar surface area (TPSA) is 67.4 Å². The van der Waals surface area contributed by atoms with Crippen LogP contribution in [0.5, 0.6) is 5.75 Å². The van der Waals surface area contributed by atoms with Gasteiger partial charge in [-0.05, 0) is 56.7 Å². The third-order valence-electron chi connectivity index (χ3n) is 3.96. The number of rotatable bonds is 7. The number of carbonyl (C=O) groups excluding carboxylic acids is 2. The van der Waals surface area contributed by atoms with E-state index >= 15 is 0 Å². The zero-order valence-corrected chi connectivity index (χ0v) is 15.9. The van der Waals surface area contributed by atoms with Crippen molar-refractivity contribution in [3.8, 4) is 5.75 Å². The average molecular weight is 375 g/mol. The maximum atomic E-state index is 12.5. The highest BCUT2D eigenvalue weighted by molar-refractivity contribution is 6.31. The van der Waals surface area contributed by atoms with Gasteiger partial charge in [0, 0.05) is 17.3 Å². The SMILES string of the molecule is CCOc1ccc(NC(=O)C(C)(C)C(=O)NCc2ccccc2Cl)cc1. The smallest absolute Gasteiger partial charge is 0.239 e. The number of amides is 2. The number of benzene rings is 2. The number of halogens is 1. The Kier molecular flexibility index (Phi) is 6.64. The molecule has 0 fully saturated rings. The van der Waals surface area contributed by atoms with Crippen LogP contribution in [-0.4, -0.2) is 18.4 Å². The van der Waals surface area contributed by atoms with Crippen LogP contribution in [0.4, 0.5) is 5.69 Å². The van der Waals surface area contributed by atoms with Crippen LogP contribution in [0.2, 0.25) is 5.02 Å². The molecule has 2 aromatic carbocycles. The molecule has 5 nitrogen and oxygen atoms in total. The van der Waals surface area contributed by atoms with E-state index in [0.29, 0.717) is 17.3 Å². The molecule has 2 aromatic rings. The van der Waals surface area contributed by atoms with Crippen molar-refractivity contribution in [1.82, 2.24) is 5.32 Å². The lowest BCUT2D eigenvalue weighted by Crippen LogP contribution is -2.44. The van der Waals surface area contributed by atoms with Gasteiger partial charge in [-0.25, -0.2) is 0 Å². The highest BCUT2D eigenvalue weighted by atomic mass is 35.5. The number of anilines is 1. The second kappa shape index (κ2) is 8.72. The fourth-order valence-electron chi connectivity index (χ4n) is 2.23. The number of ether oxygens (including phenoxy) is 1. The lowest BCUT2D eigenvalue weighted by molar-refractivity contribution is -0.138. The molecule has 0 spiro atoms. The van der Waals surface area contributed by atoms with E-state index in [1.54, 1.807) is 44.2 Å². The molecule has 0 heterocycles. The van der Waals surface area contributed by atoms with Crippen LogP contribution in [0.3, 0.4) is 0 Å². The molecule has 0 radical (unpaired) electrons. The Balaban J connectivity index is 1.97. The van der Waals surface area contributed by atoms with Gasteiger partial charge in [-0.1, -0.05) is 29.8 Å². The average Bonchev–Trinajstić information content (AvgIpc) is 2.62. The van der Waals surface area contributed by atoms with Crippen LogP contribution in [0, 0.1) is 5.41 Å². The Labute approximate surface area is 158 Å². The zero-order valence-electron chi connectivity index (χ0n) is 15.1. The van der Waals surface area contributed by atoms with Gasteiger partial charge in [0.25, 0.3) is 0 Å². The Morgan fingerprint density at radius 3 is 2.31 bits per heavy atom. The van der Waals surface area contributed by atoms with E-state index in [2.05, 4.69) is 10.6 Å². The minimum absolute atomic E-state index is 0.262. The molecule has 2 N–H and O–H groups in total. The molecule has 0 saturated heterocycles. The Morgan fingerprint density at radius 1 is 1.04 bits per heavy atom. The maximum absolute atomic E-state index is 12.5. The second-order valence-electron chi connectivity index (χ2n) is 6.31. The van der Waals surface area contributed by atoms with Gasteiger partial charge in [-0.3, -0.25) is 9.59 Å². The van der Waals surface area contributed by atoms with Crippen molar-refractivity contribution in [2.45, 2.75) is 27.3 Å². The van der Waals surface area contributed by atoms with E-state index in [0.717, 1.165) is 11.3 Å². The minimum Gasteiger partial charge on any atom is -0.494 e.